The maximum Gasteiger partial charge on any atom is 0.338 e. The zero-order valence-electron chi connectivity index (χ0n) is 20.4. The first-order valence-corrected chi connectivity index (χ1v) is 11.9. The molecule has 2 heterocycles. The van der Waals surface area contributed by atoms with Gasteiger partial charge >= 0.3 is 11.7 Å². The Kier molecular flexibility index (Phi) is 7.11. The number of allylic oxidation sites excluding steroid dienone is 1. The van der Waals surface area contributed by atoms with E-state index in [2.05, 4.69) is 4.99 Å². The molecule has 1 atom stereocenters. The van der Waals surface area contributed by atoms with E-state index in [4.69, 9.17) is 14.2 Å². The third-order valence-corrected chi connectivity index (χ3v) is 6.73. The van der Waals surface area contributed by atoms with Gasteiger partial charge in [0.25, 0.3) is 5.56 Å². The largest absolute Gasteiger partial charge is 0.502 e. The number of aromatic nitrogens is 1. The maximum absolute atomic E-state index is 13.7. The predicted molar refractivity (Wildman–Crippen MR) is 135 cm³/mol. The zero-order valence-corrected chi connectivity index (χ0v) is 21.2. The number of hydrogen-bond donors (Lipinski definition) is 1. The summed E-state index contributed by atoms with van der Waals surface area (Å²) in [6.07, 6.45) is 1.47. The first kappa shape index (κ1) is 25.6. The Morgan fingerprint density at radius 2 is 2.00 bits per heavy atom. The summed E-state index contributed by atoms with van der Waals surface area (Å²) in [5, 5.41) is 21.0. The molecular formula is C25H23N3O8S. The monoisotopic (exact) mass is 525 g/mol. The fraction of sp³-hybridized carbons (Fsp3) is 0.240. The van der Waals surface area contributed by atoms with Crippen molar-refractivity contribution in [1.29, 1.82) is 0 Å². The molecule has 37 heavy (non-hydrogen) atoms. The van der Waals surface area contributed by atoms with Gasteiger partial charge in [0.2, 0.25) is 0 Å². The number of phenols is 1. The fourth-order valence-corrected chi connectivity index (χ4v) is 5.11. The molecule has 0 amide bonds. The number of nitrogens with zero attached hydrogens (tertiary/aromatic N) is 3. The van der Waals surface area contributed by atoms with E-state index in [0.29, 0.717) is 33.1 Å². The number of carbonyl (C=O) groups excluding carboxylic acids is 1. The number of fused-ring (bicyclic) bond motifs is 1. The van der Waals surface area contributed by atoms with Crippen LogP contribution in [0.5, 0.6) is 17.2 Å². The molecule has 0 saturated heterocycles. The molecule has 4 rings (SSSR count). The van der Waals surface area contributed by atoms with E-state index < -0.39 is 33.9 Å². The predicted octanol–water partition coefficient (Wildman–Crippen LogP) is 2.43. The van der Waals surface area contributed by atoms with Crippen LogP contribution in [-0.2, 0) is 9.53 Å². The van der Waals surface area contributed by atoms with Gasteiger partial charge < -0.3 is 19.3 Å². The van der Waals surface area contributed by atoms with Gasteiger partial charge in [-0.2, -0.15) is 0 Å². The molecule has 2 aromatic carbocycles. The van der Waals surface area contributed by atoms with E-state index in [1.54, 1.807) is 32.0 Å². The number of esters is 1. The van der Waals surface area contributed by atoms with Gasteiger partial charge in [-0.1, -0.05) is 17.4 Å². The van der Waals surface area contributed by atoms with E-state index in [-0.39, 0.29) is 16.7 Å². The van der Waals surface area contributed by atoms with Crippen molar-refractivity contribution < 1.29 is 29.0 Å². The molecule has 11 nitrogen and oxygen atoms in total. The van der Waals surface area contributed by atoms with Gasteiger partial charge in [-0.15, -0.1) is 0 Å². The van der Waals surface area contributed by atoms with Crippen LogP contribution in [0.3, 0.4) is 0 Å². The lowest BCUT2D eigenvalue weighted by molar-refractivity contribution is -0.385. The first-order chi connectivity index (χ1) is 17.7. The van der Waals surface area contributed by atoms with Crippen LogP contribution in [-0.4, -0.2) is 41.4 Å². The number of ether oxygens (including phenoxy) is 3. The number of hydrogen-bond acceptors (Lipinski definition) is 10. The zero-order chi connectivity index (χ0) is 26.9. The van der Waals surface area contributed by atoms with Crippen LogP contribution in [0.4, 0.5) is 5.69 Å². The molecule has 12 heteroatoms. The van der Waals surface area contributed by atoms with Gasteiger partial charge in [0.1, 0.15) is 17.5 Å². The van der Waals surface area contributed by atoms with Crippen molar-refractivity contribution in [1.82, 2.24) is 4.57 Å². The van der Waals surface area contributed by atoms with Gasteiger partial charge in [-0.05, 0) is 49.8 Å². The molecule has 0 saturated carbocycles. The Bertz CT molecular complexity index is 1620. The topological polar surface area (TPSA) is 142 Å². The molecular weight excluding hydrogens is 502 g/mol. The van der Waals surface area contributed by atoms with Crippen LogP contribution >= 0.6 is 11.3 Å². The number of phenolic OH excluding ortho intramolecular Hbond substituents is 1. The number of benzene rings is 2. The summed E-state index contributed by atoms with van der Waals surface area (Å²) in [5.74, 6) is -0.191. The second kappa shape index (κ2) is 10.3. The lowest BCUT2D eigenvalue weighted by Crippen LogP contribution is -2.40. The van der Waals surface area contributed by atoms with E-state index in [1.807, 2.05) is 0 Å². The normalized spacial score (nSPS) is 15.1. The van der Waals surface area contributed by atoms with Crippen molar-refractivity contribution in [3.05, 3.63) is 88.6 Å². The fourth-order valence-electron chi connectivity index (χ4n) is 4.07. The summed E-state index contributed by atoms with van der Waals surface area (Å²) in [7, 11) is 2.98. The van der Waals surface area contributed by atoms with Gasteiger partial charge in [-0.3, -0.25) is 19.5 Å². The first-order valence-electron chi connectivity index (χ1n) is 11.1. The molecule has 0 radical (unpaired) electrons. The van der Waals surface area contributed by atoms with Crippen LogP contribution in [0.2, 0.25) is 0 Å². The number of nitro benzene ring substituents is 1. The Hall–Kier alpha value is -4.45. The highest BCUT2D eigenvalue weighted by molar-refractivity contribution is 7.07. The highest BCUT2D eigenvalue weighted by Crippen LogP contribution is 2.37. The summed E-state index contributed by atoms with van der Waals surface area (Å²) < 4.78 is 17.8. The summed E-state index contributed by atoms with van der Waals surface area (Å²) in [5.41, 5.74) is 0.428. The van der Waals surface area contributed by atoms with Crippen LogP contribution in [0, 0.1) is 10.1 Å². The molecule has 3 aromatic rings. The smallest absolute Gasteiger partial charge is 0.338 e. The Balaban J connectivity index is 2.00. The maximum atomic E-state index is 13.7. The molecule has 1 aliphatic heterocycles. The van der Waals surface area contributed by atoms with Gasteiger partial charge in [-0.25, -0.2) is 9.79 Å². The SMILES string of the molecule is CCOC(=O)C1=C(C)N=c2s/c(=C\c3ccc(O)c([N+](=O)[O-])c3)c(=O)n2[C@H]1c1cc(OC)ccc1OC. The summed E-state index contributed by atoms with van der Waals surface area (Å²) in [6, 6.07) is 7.94. The average molecular weight is 526 g/mol. The van der Waals surface area contributed by atoms with Gasteiger partial charge in [0.15, 0.2) is 10.6 Å². The molecule has 0 aliphatic carbocycles. The summed E-state index contributed by atoms with van der Waals surface area (Å²) in [6.45, 7) is 3.47. The Morgan fingerprint density at radius 1 is 1.24 bits per heavy atom. The van der Waals surface area contributed by atoms with E-state index >= 15 is 0 Å². The molecule has 1 N–H and O–H groups in total. The Morgan fingerprint density at radius 3 is 2.65 bits per heavy atom. The van der Waals surface area contributed by atoms with Crippen LogP contribution < -0.4 is 24.4 Å². The van der Waals surface area contributed by atoms with Crippen molar-refractivity contribution >= 4 is 29.1 Å². The second-order valence-corrected chi connectivity index (χ2v) is 8.92. The summed E-state index contributed by atoms with van der Waals surface area (Å²) >= 11 is 1.07. The summed E-state index contributed by atoms with van der Waals surface area (Å²) in [4.78, 5) is 42.2. The molecule has 0 fully saturated rings. The van der Waals surface area contributed by atoms with Crippen molar-refractivity contribution in [2.24, 2.45) is 4.99 Å². The van der Waals surface area contributed by atoms with Crippen LogP contribution in [0.25, 0.3) is 6.08 Å². The molecule has 1 aliphatic rings. The third-order valence-electron chi connectivity index (χ3n) is 5.74. The number of carbonyl (C=O) groups is 1. The number of aromatic hydroxyl groups is 1. The standard InChI is InChI=1S/C25H23N3O8S/c1-5-36-24(31)21-13(2)26-25-27(22(21)16-12-15(34-3)7-9-19(16)35-4)23(30)20(37-25)11-14-6-8-18(29)17(10-14)28(32)33/h6-12,22,29H,5H2,1-4H3/b20-11-/t22-/m0/s1. The van der Waals surface area contributed by atoms with E-state index in [1.165, 1.54) is 43.1 Å². The second-order valence-electron chi connectivity index (χ2n) is 7.92. The minimum absolute atomic E-state index is 0.127. The lowest BCUT2D eigenvalue weighted by Gasteiger charge is -2.26. The number of thiazole rings is 1. The minimum atomic E-state index is -0.934. The van der Waals surface area contributed by atoms with Crippen molar-refractivity contribution in [2.75, 3.05) is 20.8 Å². The third kappa shape index (κ3) is 4.70. The van der Waals surface area contributed by atoms with Crippen LogP contribution in [0.1, 0.15) is 31.0 Å². The van der Waals surface area contributed by atoms with Crippen LogP contribution in [0.15, 0.2) is 57.5 Å². The lowest BCUT2D eigenvalue weighted by atomic mass is 9.94. The molecule has 1 aromatic heterocycles. The highest BCUT2D eigenvalue weighted by Gasteiger charge is 2.35. The average Bonchev–Trinajstić information content (AvgIpc) is 3.17. The molecule has 192 valence electrons. The molecule has 0 spiro atoms. The number of rotatable bonds is 7. The van der Waals surface area contributed by atoms with Crippen molar-refractivity contribution in [3.63, 3.8) is 0 Å². The van der Waals surface area contributed by atoms with E-state index in [0.717, 1.165) is 11.3 Å². The van der Waals surface area contributed by atoms with Gasteiger partial charge in [0.05, 0.1) is 41.6 Å². The minimum Gasteiger partial charge on any atom is -0.502 e. The number of methoxy groups -OCH3 is 2. The Labute approximate surface area is 214 Å². The van der Waals surface area contributed by atoms with E-state index in [9.17, 15) is 24.8 Å². The highest BCUT2D eigenvalue weighted by atomic mass is 32.1. The van der Waals surface area contributed by atoms with Crippen molar-refractivity contribution in [2.45, 2.75) is 19.9 Å². The molecule has 0 bridgehead atoms. The quantitative estimate of drug-likeness (QED) is 0.282. The van der Waals surface area contributed by atoms with Gasteiger partial charge in [0, 0.05) is 11.6 Å². The van der Waals surface area contributed by atoms with Crippen molar-refractivity contribution in [3.8, 4) is 17.2 Å². The molecule has 0 unspecified atom stereocenters. The number of nitro groups is 1.